The van der Waals surface area contributed by atoms with Crippen LogP contribution in [-0.4, -0.2) is 16.3 Å². The molecular formula is C14H19FN4. The van der Waals surface area contributed by atoms with E-state index in [0.29, 0.717) is 18.8 Å². The van der Waals surface area contributed by atoms with Gasteiger partial charge in [0, 0.05) is 25.7 Å². The zero-order valence-corrected chi connectivity index (χ0v) is 11.5. The molecule has 2 rings (SSSR count). The Labute approximate surface area is 112 Å². The molecule has 0 bridgehead atoms. The van der Waals surface area contributed by atoms with Crippen molar-refractivity contribution in [3.05, 3.63) is 41.3 Å². The number of hydrogen-bond donors (Lipinski definition) is 1. The summed E-state index contributed by atoms with van der Waals surface area (Å²) in [5.41, 5.74) is 8.18. The first kappa shape index (κ1) is 13.5. The normalized spacial score (nSPS) is 10.8. The molecule has 5 heteroatoms. The first-order valence-corrected chi connectivity index (χ1v) is 6.34. The minimum atomic E-state index is -0.244. The van der Waals surface area contributed by atoms with Crippen LogP contribution in [0.5, 0.6) is 0 Å². The van der Waals surface area contributed by atoms with Crippen LogP contribution in [0.25, 0.3) is 0 Å². The van der Waals surface area contributed by atoms with Crippen molar-refractivity contribution in [2.75, 3.05) is 11.4 Å². The van der Waals surface area contributed by atoms with E-state index in [4.69, 9.17) is 5.73 Å². The number of aromatic nitrogens is 2. The van der Waals surface area contributed by atoms with Crippen molar-refractivity contribution >= 4 is 11.5 Å². The van der Waals surface area contributed by atoms with Crippen LogP contribution >= 0.6 is 0 Å². The van der Waals surface area contributed by atoms with Crippen LogP contribution in [0, 0.1) is 12.7 Å². The van der Waals surface area contributed by atoms with Crippen molar-refractivity contribution in [3.63, 3.8) is 0 Å². The SMILES string of the molecule is CCN(c1ccccc1F)c1c(CN)c(C)nn1C. The third-order valence-corrected chi connectivity index (χ3v) is 3.23. The highest BCUT2D eigenvalue weighted by atomic mass is 19.1. The molecule has 0 aliphatic carbocycles. The molecule has 0 radical (unpaired) electrons. The number of nitrogens with zero attached hydrogens (tertiary/aromatic N) is 3. The fourth-order valence-corrected chi connectivity index (χ4v) is 2.37. The molecule has 0 atom stereocenters. The van der Waals surface area contributed by atoms with Gasteiger partial charge in [-0.3, -0.25) is 4.68 Å². The largest absolute Gasteiger partial charge is 0.326 e. The summed E-state index contributed by atoms with van der Waals surface area (Å²) in [7, 11) is 1.85. The van der Waals surface area contributed by atoms with Gasteiger partial charge < -0.3 is 10.6 Å². The number of anilines is 2. The van der Waals surface area contributed by atoms with Crippen LogP contribution in [0.1, 0.15) is 18.2 Å². The number of aryl methyl sites for hydroxylation is 2. The smallest absolute Gasteiger partial charge is 0.146 e. The lowest BCUT2D eigenvalue weighted by Gasteiger charge is -2.24. The van der Waals surface area contributed by atoms with Gasteiger partial charge in [0.25, 0.3) is 0 Å². The first-order valence-electron chi connectivity index (χ1n) is 6.34. The van der Waals surface area contributed by atoms with Gasteiger partial charge in [-0.1, -0.05) is 12.1 Å². The Balaban J connectivity index is 2.58. The van der Waals surface area contributed by atoms with E-state index in [1.807, 2.05) is 31.9 Å². The van der Waals surface area contributed by atoms with E-state index in [9.17, 15) is 4.39 Å². The lowest BCUT2D eigenvalue weighted by Crippen LogP contribution is -2.22. The van der Waals surface area contributed by atoms with Gasteiger partial charge in [0.15, 0.2) is 0 Å². The van der Waals surface area contributed by atoms with E-state index in [1.165, 1.54) is 6.07 Å². The summed E-state index contributed by atoms with van der Waals surface area (Å²) >= 11 is 0. The summed E-state index contributed by atoms with van der Waals surface area (Å²) in [6.45, 7) is 4.93. The third-order valence-electron chi connectivity index (χ3n) is 3.23. The highest BCUT2D eigenvalue weighted by molar-refractivity contribution is 5.64. The van der Waals surface area contributed by atoms with Gasteiger partial charge in [-0.25, -0.2) is 4.39 Å². The Kier molecular flexibility index (Phi) is 3.85. The Morgan fingerprint density at radius 1 is 1.37 bits per heavy atom. The van der Waals surface area contributed by atoms with Gasteiger partial charge in [-0.15, -0.1) is 0 Å². The van der Waals surface area contributed by atoms with Gasteiger partial charge in [0.1, 0.15) is 11.6 Å². The minimum absolute atomic E-state index is 0.244. The molecule has 19 heavy (non-hydrogen) atoms. The predicted molar refractivity (Wildman–Crippen MR) is 74.9 cm³/mol. The maximum Gasteiger partial charge on any atom is 0.146 e. The second-order valence-corrected chi connectivity index (χ2v) is 4.41. The van der Waals surface area contributed by atoms with Gasteiger partial charge in [0.2, 0.25) is 0 Å². The standard InChI is InChI=1S/C14H19FN4/c1-4-19(13-8-6-5-7-12(13)15)14-11(9-16)10(2)17-18(14)3/h5-8H,4,9,16H2,1-3H3. The van der Waals surface area contributed by atoms with E-state index < -0.39 is 0 Å². The number of hydrogen-bond acceptors (Lipinski definition) is 3. The fraction of sp³-hybridized carbons (Fsp3) is 0.357. The van der Waals surface area contributed by atoms with Crippen molar-refractivity contribution in [2.45, 2.75) is 20.4 Å². The Bertz CT molecular complexity index is 577. The molecule has 0 aliphatic heterocycles. The van der Waals surface area contributed by atoms with Crippen LogP contribution < -0.4 is 10.6 Å². The van der Waals surface area contributed by atoms with Crippen LogP contribution in [0.3, 0.4) is 0 Å². The average molecular weight is 262 g/mol. The third kappa shape index (κ3) is 2.33. The van der Waals surface area contributed by atoms with Crippen molar-refractivity contribution in [3.8, 4) is 0 Å². The minimum Gasteiger partial charge on any atom is -0.326 e. The average Bonchev–Trinajstić information content (AvgIpc) is 2.67. The lowest BCUT2D eigenvalue weighted by molar-refractivity contribution is 0.623. The summed E-state index contributed by atoms with van der Waals surface area (Å²) in [4.78, 5) is 1.90. The summed E-state index contributed by atoms with van der Waals surface area (Å²) < 4.78 is 15.7. The number of para-hydroxylation sites is 1. The van der Waals surface area contributed by atoms with Crippen molar-refractivity contribution < 1.29 is 4.39 Å². The summed E-state index contributed by atoms with van der Waals surface area (Å²) in [6.07, 6.45) is 0. The van der Waals surface area contributed by atoms with E-state index in [0.717, 1.165) is 17.1 Å². The second-order valence-electron chi connectivity index (χ2n) is 4.41. The molecule has 4 nitrogen and oxygen atoms in total. The van der Waals surface area contributed by atoms with E-state index in [2.05, 4.69) is 5.10 Å². The maximum absolute atomic E-state index is 14.0. The van der Waals surface area contributed by atoms with Crippen LogP contribution in [0.4, 0.5) is 15.9 Å². The molecule has 0 fully saturated rings. The predicted octanol–water partition coefficient (Wildman–Crippen LogP) is 2.48. The van der Waals surface area contributed by atoms with Gasteiger partial charge in [-0.05, 0) is 26.0 Å². The van der Waals surface area contributed by atoms with Crippen molar-refractivity contribution in [2.24, 2.45) is 12.8 Å². The Hall–Kier alpha value is -1.88. The first-order chi connectivity index (χ1) is 9.10. The Morgan fingerprint density at radius 3 is 2.63 bits per heavy atom. The highest BCUT2D eigenvalue weighted by Crippen LogP contribution is 2.31. The molecule has 0 saturated heterocycles. The van der Waals surface area contributed by atoms with E-state index >= 15 is 0 Å². The Morgan fingerprint density at radius 2 is 2.05 bits per heavy atom. The zero-order chi connectivity index (χ0) is 14.0. The van der Waals surface area contributed by atoms with Gasteiger partial charge in [0.05, 0.1) is 11.4 Å². The van der Waals surface area contributed by atoms with Gasteiger partial charge >= 0.3 is 0 Å². The number of rotatable bonds is 4. The number of halogens is 1. The van der Waals surface area contributed by atoms with Crippen LogP contribution in [0.15, 0.2) is 24.3 Å². The maximum atomic E-state index is 14.0. The fourth-order valence-electron chi connectivity index (χ4n) is 2.37. The van der Waals surface area contributed by atoms with Crippen molar-refractivity contribution in [1.82, 2.24) is 9.78 Å². The van der Waals surface area contributed by atoms with Crippen molar-refractivity contribution in [1.29, 1.82) is 0 Å². The molecule has 1 aromatic heterocycles. The molecule has 0 unspecified atom stereocenters. The van der Waals surface area contributed by atoms with Gasteiger partial charge in [-0.2, -0.15) is 5.10 Å². The summed E-state index contributed by atoms with van der Waals surface area (Å²) in [5, 5.41) is 4.38. The molecule has 1 aromatic carbocycles. The molecule has 1 heterocycles. The number of nitrogens with two attached hydrogens (primary N) is 1. The topological polar surface area (TPSA) is 47.1 Å². The molecule has 0 amide bonds. The van der Waals surface area contributed by atoms with Crippen LogP contribution in [0.2, 0.25) is 0 Å². The summed E-state index contributed by atoms with van der Waals surface area (Å²) in [6, 6.07) is 6.74. The molecular weight excluding hydrogens is 243 g/mol. The quantitative estimate of drug-likeness (QED) is 0.920. The molecule has 102 valence electrons. The van der Waals surface area contributed by atoms with E-state index in [-0.39, 0.29) is 5.82 Å². The molecule has 2 N–H and O–H groups in total. The molecule has 0 saturated carbocycles. The zero-order valence-electron chi connectivity index (χ0n) is 11.5. The molecule has 0 spiro atoms. The second kappa shape index (κ2) is 5.40. The molecule has 2 aromatic rings. The monoisotopic (exact) mass is 262 g/mol. The van der Waals surface area contributed by atoms with E-state index in [1.54, 1.807) is 16.8 Å². The lowest BCUT2D eigenvalue weighted by atomic mass is 10.2. The van der Waals surface area contributed by atoms with Crippen LogP contribution in [-0.2, 0) is 13.6 Å². The highest BCUT2D eigenvalue weighted by Gasteiger charge is 2.20. The summed E-state index contributed by atoms with van der Waals surface area (Å²) in [5.74, 6) is 0.610. The number of benzene rings is 1. The molecule has 0 aliphatic rings.